The molecule has 0 amide bonds. The molecule has 5 heteroatoms. The van der Waals surface area contributed by atoms with Gasteiger partial charge < -0.3 is 0 Å². The Hall–Kier alpha value is -1.23. The fourth-order valence-electron chi connectivity index (χ4n) is 5.06. The Morgan fingerprint density at radius 1 is 0.778 bits per heavy atom. The number of carbonyl (C=O) groups excluding carboxylic acids is 4. The third-order valence-electron chi connectivity index (χ3n) is 6.09. The second kappa shape index (κ2) is 6.98. The van der Waals surface area contributed by atoms with Crippen molar-refractivity contribution in [2.75, 3.05) is 0 Å². The lowest BCUT2D eigenvalue weighted by molar-refractivity contribution is -0.148. The molecule has 0 bridgehead atoms. The SMILES string of the molecule is CC1C=CC(C(C2C(=O)CC(C)(C)CC2=O)C2C(=O)CC(C)(C)CC2=O)S1. The van der Waals surface area contributed by atoms with E-state index in [1.54, 1.807) is 11.8 Å². The highest BCUT2D eigenvalue weighted by Gasteiger charge is 2.54. The van der Waals surface area contributed by atoms with Crippen molar-refractivity contribution in [2.45, 2.75) is 70.8 Å². The molecule has 1 aliphatic heterocycles. The summed E-state index contributed by atoms with van der Waals surface area (Å²) >= 11 is 1.65. The average Bonchev–Trinajstić information content (AvgIpc) is 2.87. The molecule has 3 rings (SSSR count). The van der Waals surface area contributed by atoms with Gasteiger partial charge in [0.2, 0.25) is 0 Å². The summed E-state index contributed by atoms with van der Waals surface area (Å²) in [5.41, 5.74) is -0.687. The normalized spacial score (nSPS) is 31.9. The minimum Gasteiger partial charge on any atom is -0.299 e. The molecule has 2 atom stereocenters. The van der Waals surface area contributed by atoms with Crippen LogP contribution in [0.25, 0.3) is 0 Å². The van der Waals surface area contributed by atoms with E-state index in [2.05, 4.69) is 6.92 Å². The Balaban J connectivity index is 1.99. The first-order valence-electron chi connectivity index (χ1n) is 9.85. The van der Waals surface area contributed by atoms with E-state index < -0.39 is 17.8 Å². The van der Waals surface area contributed by atoms with Crippen molar-refractivity contribution in [3.05, 3.63) is 12.2 Å². The van der Waals surface area contributed by atoms with Gasteiger partial charge in [0.1, 0.15) is 23.1 Å². The molecular formula is C22H30O4S. The molecule has 0 aromatic carbocycles. The van der Waals surface area contributed by atoms with Crippen LogP contribution in [0.15, 0.2) is 12.2 Å². The molecule has 0 N–H and O–H groups in total. The van der Waals surface area contributed by atoms with Gasteiger partial charge in [0.25, 0.3) is 0 Å². The standard InChI is InChI=1S/C22H30O4S/c1-12-6-7-17(27-12)20(18-13(23)8-21(2,3)9-14(18)24)19-15(25)10-22(4,5)11-16(19)26/h6-7,12,17-20H,8-11H2,1-5H3. The number of ketones is 4. The number of carbonyl (C=O) groups is 4. The molecule has 0 saturated heterocycles. The van der Waals surface area contributed by atoms with Crippen molar-refractivity contribution < 1.29 is 19.2 Å². The molecule has 2 saturated carbocycles. The highest BCUT2D eigenvalue weighted by atomic mass is 32.2. The number of Topliss-reactive ketones (excluding diaryl/α,β-unsaturated/α-hetero) is 4. The summed E-state index contributed by atoms with van der Waals surface area (Å²) in [7, 11) is 0. The van der Waals surface area contributed by atoms with E-state index in [4.69, 9.17) is 0 Å². The van der Waals surface area contributed by atoms with E-state index in [-0.39, 0.29) is 44.5 Å². The zero-order valence-electron chi connectivity index (χ0n) is 16.9. The number of rotatable bonds is 3. The zero-order valence-corrected chi connectivity index (χ0v) is 17.7. The van der Waals surface area contributed by atoms with Crippen molar-refractivity contribution >= 4 is 34.9 Å². The summed E-state index contributed by atoms with van der Waals surface area (Å²) < 4.78 is 0. The van der Waals surface area contributed by atoms with Crippen LogP contribution in [0.3, 0.4) is 0 Å². The maximum Gasteiger partial charge on any atom is 0.144 e. The van der Waals surface area contributed by atoms with Crippen LogP contribution < -0.4 is 0 Å². The average molecular weight is 391 g/mol. The quantitative estimate of drug-likeness (QED) is 0.541. The molecular weight excluding hydrogens is 360 g/mol. The summed E-state index contributed by atoms with van der Waals surface area (Å²) in [6, 6.07) is 0. The molecule has 2 fully saturated rings. The number of hydrogen-bond acceptors (Lipinski definition) is 5. The van der Waals surface area contributed by atoms with Gasteiger partial charge in [-0.2, -0.15) is 0 Å². The summed E-state index contributed by atoms with van der Waals surface area (Å²) in [5, 5.41) is 0.117. The first-order chi connectivity index (χ1) is 12.4. The Bertz CT molecular complexity index is 630. The van der Waals surface area contributed by atoms with Gasteiger partial charge in [-0.05, 0) is 17.8 Å². The van der Waals surface area contributed by atoms with E-state index in [1.165, 1.54) is 0 Å². The smallest absolute Gasteiger partial charge is 0.144 e. The van der Waals surface area contributed by atoms with E-state index in [0.717, 1.165) is 0 Å². The molecule has 1 heterocycles. The lowest BCUT2D eigenvalue weighted by atomic mass is 9.60. The van der Waals surface area contributed by atoms with Gasteiger partial charge in [0, 0.05) is 42.1 Å². The molecule has 2 unspecified atom stereocenters. The fourth-order valence-corrected chi connectivity index (χ4v) is 6.42. The van der Waals surface area contributed by atoms with Crippen LogP contribution in [0.4, 0.5) is 0 Å². The highest BCUT2D eigenvalue weighted by molar-refractivity contribution is 8.01. The van der Waals surface area contributed by atoms with E-state index in [0.29, 0.717) is 25.7 Å². The fraction of sp³-hybridized carbons (Fsp3) is 0.727. The van der Waals surface area contributed by atoms with E-state index >= 15 is 0 Å². The van der Waals surface area contributed by atoms with Crippen molar-refractivity contribution in [1.82, 2.24) is 0 Å². The van der Waals surface area contributed by atoms with Crippen molar-refractivity contribution in [3.8, 4) is 0 Å². The Morgan fingerprint density at radius 2 is 1.15 bits per heavy atom. The second-order valence-electron chi connectivity index (χ2n) is 10.1. The summed E-state index contributed by atoms with van der Waals surface area (Å²) in [6.07, 6.45) is 5.37. The molecule has 2 aliphatic carbocycles. The van der Waals surface area contributed by atoms with Gasteiger partial charge >= 0.3 is 0 Å². The first-order valence-corrected chi connectivity index (χ1v) is 10.8. The lowest BCUT2D eigenvalue weighted by Gasteiger charge is -2.42. The first kappa shape index (κ1) is 20.5. The van der Waals surface area contributed by atoms with Crippen LogP contribution in [0.1, 0.15) is 60.3 Å². The number of thioether (sulfide) groups is 1. The lowest BCUT2D eigenvalue weighted by Crippen LogP contribution is -2.52. The van der Waals surface area contributed by atoms with Crippen LogP contribution in [-0.4, -0.2) is 33.6 Å². The molecule has 0 aromatic rings. The Labute approximate surface area is 165 Å². The zero-order chi connectivity index (χ0) is 20.1. The summed E-state index contributed by atoms with van der Waals surface area (Å²) in [5.74, 6) is -2.58. The molecule has 0 radical (unpaired) electrons. The molecule has 0 aromatic heterocycles. The van der Waals surface area contributed by atoms with Gasteiger partial charge in [0.15, 0.2) is 0 Å². The molecule has 148 valence electrons. The maximum atomic E-state index is 13.0. The largest absolute Gasteiger partial charge is 0.299 e. The second-order valence-corrected chi connectivity index (χ2v) is 11.7. The van der Waals surface area contributed by atoms with Gasteiger partial charge in [-0.25, -0.2) is 0 Å². The monoisotopic (exact) mass is 390 g/mol. The molecule has 3 aliphatic rings. The minimum atomic E-state index is -0.829. The van der Waals surface area contributed by atoms with Crippen LogP contribution in [0.2, 0.25) is 0 Å². The Kier molecular flexibility index (Phi) is 5.30. The predicted molar refractivity (Wildman–Crippen MR) is 107 cm³/mol. The van der Waals surface area contributed by atoms with Crippen LogP contribution in [-0.2, 0) is 19.2 Å². The minimum absolute atomic E-state index is 0.0970. The topological polar surface area (TPSA) is 68.3 Å². The van der Waals surface area contributed by atoms with E-state index in [1.807, 2.05) is 39.8 Å². The van der Waals surface area contributed by atoms with Crippen LogP contribution in [0, 0.1) is 28.6 Å². The van der Waals surface area contributed by atoms with Crippen molar-refractivity contribution in [3.63, 3.8) is 0 Å². The predicted octanol–water partition coefficient (Wildman–Crippen LogP) is 3.81. The van der Waals surface area contributed by atoms with Gasteiger partial charge in [0.05, 0.1) is 11.8 Å². The van der Waals surface area contributed by atoms with Gasteiger partial charge in [-0.15, -0.1) is 11.8 Å². The van der Waals surface area contributed by atoms with Gasteiger partial charge in [-0.3, -0.25) is 19.2 Å². The van der Waals surface area contributed by atoms with E-state index in [9.17, 15) is 19.2 Å². The highest BCUT2D eigenvalue weighted by Crippen LogP contribution is 2.48. The third-order valence-corrected chi connectivity index (χ3v) is 7.46. The number of hydrogen-bond donors (Lipinski definition) is 0. The summed E-state index contributed by atoms with van der Waals surface area (Å²) in [4.78, 5) is 52.0. The Morgan fingerprint density at radius 3 is 1.44 bits per heavy atom. The maximum absolute atomic E-state index is 13.0. The van der Waals surface area contributed by atoms with Crippen LogP contribution >= 0.6 is 11.8 Å². The third kappa shape index (κ3) is 4.13. The molecule has 0 spiro atoms. The summed E-state index contributed by atoms with van der Waals surface area (Å²) in [6.45, 7) is 9.78. The van der Waals surface area contributed by atoms with Crippen molar-refractivity contribution in [2.24, 2.45) is 28.6 Å². The molecule has 4 nitrogen and oxygen atoms in total. The molecule has 27 heavy (non-hydrogen) atoms. The van der Waals surface area contributed by atoms with Gasteiger partial charge in [-0.1, -0.05) is 39.8 Å². The van der Waals surface area contributed by atoms with Crippen molar-refractivity contribution in [1.29, 1.82) is 0 Å². The van der Waals surface area contributed by atoms with Crippen LogP contribution in [0.5, 0.6) is 0 Å².